The van der Waals surface area contributed by atoms with Gasteiger partial charge in [-0.05, 0) is 35.7 Å². The van der Waals surface area contributed by atoms with Crippen molar-refractivity contribution in [2.45, 2.75) is 18.3 Å². The number of anilines is 2. The lowest BCUT2D eigenvalue weighted by Crippen LogP contribution is -2.12. The number of rotatable bonds is 3. The molecule has 0 unspecified atom stereocenters. The lowest BCUT2D eigenvalue weighted by atomic mass is 9.96. The fourth-order valence-corrected chi connectivity index (χ4v) is 2.14. The first-order valence-electron chi connectivity index (χ1n) is 5.99. The molecular weight excluding hydrogens is 228 g/mol. The van der Waals surface area contributed by atoms with E-state index in [0.717, 1.165) is 18.5 Å². The van der Waals surface area contributed by atoms with Crippen molar-refractivity contribution < 1.29 is 4.52 Å². The highest BCUT2D eigenvalue weighted by molar-refractivity contribution is 5.46. The third-order valence-corrected chi connectivity index (χ3v) is 3.44. The Labute approximate surface area is 106 Å². The average Bonchev–Trinajstić information content (AvgIpc) is 3.00. The fraction of sp³-hybridized carbons (Fsp3) is 0.385. The third-order valence-electron chi connectivity index (χ3n) is 3.44. The van der Waals surface area contributed by atoms with Gasteiger partial charge in [0.25, 0.3) is 5.95 Å². The van der Waals surface area contributed by atoms with Crippen LogP contribution in [-0.2, 0) is 5.41 Å². The minimum atomic E-state index is -0.0883. The van der Waals surface area contributed by atoms with Gasteiger partial charge in [0.1, 0.15) is 0 Å². The van der Waals surface area contributed by atoms with Crippen LogP contribution < -0.4 is 10.6 Å². The van der Waals surface area contributed by atoms with E-state index < -0.39 is 0 Å². The number of aromatic nitrogens is 2. The van der Waals surface area contributed by atoms with Gasteiger partial charge in [0.2, 0.25) is 5.89 Å². The summed E-state index contributed by atoms with van der Waals surface area (Å²) in [7, 11) is 3.80. The second kappa shape index (κ2) is 3.73. The average molecular weight is 244 g/mol. The Kier molecular flexibility index (Phi) is 2.29. The Balaban J connectivity index is 1.96. The summed E-state index contributed by atoms with van der Waals surface area (Å²) in [6, 6.07) is 7.92. The van der Waals surface area contributed by atoms with E-state index in [9.17, 15) is 0 Å². The van der Waals surface area contributed by atoms with Crippen molar-refractivity contribution >= 4 is 11.6 Å². The Morgan fingerprint density at radius 2 is 1.89 bits per heavy atom. The minimum absolute atomic E-state index is 0.0883. The van der Waals surface area contributed by atoms with Crippen LogP contribution in [0.2, 0.25) is 0 Å². The van der Waals surface area contributed by atoms with Gasteiger partial charge in [-0.25, -0.2) is 0 Å². The highest BCUT2D eigenvalue weighted by Crippen LogP contribution is 2.53. The molecule has 18 heavy (non-hydrogen) atoms. The van der Waals surface area contributed by atoms with Crippen LogP contribution in [0.5, 0.6) is 0 Å². The molecule has 2 aromatic rings. The maximum Gasteiger partial charge on any atom is 0.265 e. The number of benzene rings is 1. The highest BCUT2D eigenvalue weighted by Gasteiger charge is 2.51. The zero-order valence-corrected chi connectivity index (χ0v) is 10.6. The predicted octanol–water partition coefficient (Wildman–Crippen LogP) is 1.80. The van der Waals surface area contributed by atoms with E-state index in [4.69, 9.17) is 10.3 Å². The Morgan fingerprint density at radius 3 is 2.39 bits per heavy atom. The Morgan fingerprint density at radius 1 is 1.22 bits per heavy atom. The Hall–Kier alpha value is -2.04. The summed E-state index contributed by atoms with van der Waals surface area (Å²) in [5.74, 6) is 1.32. The van der Waals surface area contributed by atoms with E-state index in [2.05, 4.69) is 10.1 Å². The van der Waals surface area contributed by atoms with E-state index >= 15 is 0 Å². The van der Waals surface area contributed by atoms with Crippen LogP contribution in [0.15, 0.2) is 28.8 Å². The van der Waals surface area contributed by atoms with Gasteiger partial charge in [0.05, 0.1) is 5.41 Å². The number of hydrogen-bond donors (Lipinski definition) is 1. The summed E-state index contributed by atoms with van der Waals surface area (Å²) in [6.07, 6.45) is 2.10. The van der Waals surface area contributed by atoms with Crippen molar-refractivity contribution in [1.82, 2.24) is 10.1 Å². The van der Waals surface area contributed by atoms with Crippen LogP contribution in [0.25, 0.3) is 0 Å². The zero-order chi connectivity index (χ0) is 12.8. The first-order chi connectivity index (χ1) is 8.62. The molecule has 0 aliphatic heterocycles. The molecule has 1 fully saturated rings. The van der Waals surface area contributed by atoms with Gasteiger partial charge >= 0.3 is 0 Å². The van der Waals surface area contributed by atoms with E-state index in [1.54, 1.807) is 0 Å². The van der Waals surface area contributed by atoms with Gasteiger partial charge in [0, 0.05) is 19.8 Å². The van der Waals surface area contributed by atoms with Crippen molar-refractivity contribution in [3.8, 4) is 0 Å². The van der Waals surface area contributed by atoms with Crippen LogP contribution >= 0.6 is 0 Å². The second-order valence-electron chi connectivity index (χ2n) is 5.00. The van der Waals surface area contributed by atoms with E-state index in [1.165, 1.54) is 5.56 Å². The quantitative estimate of drug-likeness (QED) is 0.834. The van der Waals surface area contributed by atoms with E-state index in [-0.39, 0.29) is 5.41 Å². The monoisotopic (exact) mass is 244 g/mol. The molecule has 5 nitrogen and oxygen atoms in total. The molecule has 0 spiro atoms. The number of hydrogen-bond acceptors (Lipinski definition) is 5. The second-order valence-corrected chi connectivity index (χ2v) is 5.00. The molecule has 94 valence electrons. The molecule has 0 atom stereocenters. The standard InChI is InChI=1S/C13H16N4O/c1-17(2)12-15-11(18-16-12)13(7-8-13)9-3-5-10(14)6-4-9/h3-6H,7-8,14H2,1-2H3. The van der Waals surface area contributed by atoms with Crippen LogP contribution in [0.1, 0.15) is 24.3 Å². The summed E-state index contributed by atoms with van der Waals surface area (Å²) in [4.78, 5) is 6.30. The van der Waals surface area contributed by atoms with Crippen molar-refractivity contribution in [1.29, 1.82) is 0 Å². The molecule has 1 aromatic carbocycles. The van der Waals surface area contributed by atoms with Crippen molar-refractivity contribution in [3.05, 3.63) is 35.7 Å². The number of nitrogens with zero attached hydrogens (tertiary/aromatic N) is 3. The summed E-state index contributed by atoms with van der Waals surface area (Å²) >= 11 is 0. The molecule has 1 saturated carbocycles. The normalized spacial score (nSPS) is 16.6. The van der Waals surface area contributed by atoms with Gasteiger partial charge in [0.15, 0.2) is 0 Å². The summed E-state index contributed by atoms with van der Waals surface area (Å²) in [5, 5.41) is 3.98. The van der Waals surface area contributed by atoms with Crippen molar-refractivity contribution in [2.24, 2.45) is 0 Å². The molecule has 0 saturated heterocycles. The fourth-order valence-electron chi connectivity index (χ4n) is 2.14. The van der Waals surface area contributed by atoms with Gasteiger partial charge in [-0.2, -0.15) is 4.98 Å². The molecule has 1 aliphatic rings. The van der Waals surface area contributed by atoms with Crippen LogP contribution in [-0.4, -0.2) is 24.2 Å². The van der Waals surface area contributed by atoms with E-state index in [0.29, 0.717) is 11.8 Å². The SMILES string of the molecule is CN(C)c1noc(C2(c3ccc(N)cc3)CC2)n1. The predicted molar refractivity (Wildman–Crippen MR) is 69.5 cm³/mol. The third kappa shape index (κ3) is 1.63. The number of nitrogens with two attached hydrogens (primary N) is 1. The lowest BCUT2D eigenvalue weighted by Gasteiger charge is -2.10. The van der Waals surface area contributed by atoms with Crippen LogP contribution in [0.4, 0.5) is 11.6 Å². The summed E-state index contributed by atoms with van der Waals surface area (Å²) in [6.45, 7) is 0. The minimum Gasteiger partial charge on any atom is -0.399 e. The van der Waals surface area contributed by atoms with Crippen LogP contribution in [0.3, 0.4) is 0 Å². The topological polar surface area (TPSA) is 68.2 Å². The number of nitrogen functional groups attached to an aromatic ring is 1. The highest BCUT2D eigenvalue weighted by atomic mass is 16.5. The molecular formula is C13H16N4O. The molecule has 2 N–H and O–H groups in total. The molecule has 1 aliphatic carbocycles. The molecule has 3 rings (SSSR count). The zero-order valence-electron chi connectivity index (χ0n) is 10.6. The molecule has 0 amide bonds. The van der Waals surface area contributed by atoms with Gasteiger partial charge < -0.3 is 15.2 Å². The first-order valence-corrected chi connectivity index (χ1v) is 5.99. The molecule has 0 radical (unpaired) electrons. The maximum absolute atomic E-state index is 5.71. The van der Waals surface area contributed by atoms with Gasteiger partial charge in [-0.1, -0.05) is 12.1 Å². The summed E-state index contributed by atoms with van der Waals surface area (Å²) < 4.78 is 5.40. The molecule has 0 bridgehead atoms. The van der Waals surface area contributed by atoms with Gasteiger partial charge in [-0.3, -0.25) is 0 Å². The maximum atomic E-state index is 5.71. The smallest absolute Gasteiger partial charge is 0.265 e. The van der Waals surface area contributed by atoms with Gasteiger partial charge in [-0.15, -0.1) is 0 Å². The lowest BCUT2D eigenvalue weighted by molar-refractivity contribution is 0.359. The first kappa shape index (κ1) is 11.1. The van der Waals surface area contributed by atoms with Crippen molar-refractivity contribution in [3.63, 3.8) is 0 Å². The van der Waals surface area contributed by atoms with Crippen LogP contribution in [0, 0.1) is 0 Å². The Bertz CT molecular complexity index is 555. The van der Waals surface area contributed by atoms with E-state index in [1.807, 2.05) is 43.3 Å². The molecule has 1 aromatic heterocycles. The summed E-state index contributed by atoms with van der Waals surface area (Å²) in [5.41, 5.74) is 7.60. The van der Waals surface area contributed by atoms with Crippen molar-refractivity contribution in [2.75, 3.05) is 24.7 Å². The molecule has 1 heterocycles. The molecule has 5 heteroatoms. The largest absolute Gasteiger partial charge is 0.399 e.